The van der Waals surface area contributed by atoms with E-state index < -0.39 is 0 Å². The molecule has 0 spiro atoms. The molecule has 0 saturated carbocycles. The van der Waals surface area contributed by atoms with Gasteiger partial charge in [-0.1, -0.05) is 40.2 Å². The Hall–Kier alpha value is -3.10. The Kier molecular flexibility index (Phi) is 3.56. The summed E-state index contributed by atoms with van der Waals surface area (Å²) < 4.78 is 5.56. The van der Waals surface area contributed by atoms with Gasteiger partial charge in [-0.15, -0.1) is 0 Å². The topological polar surface area (TPSA) is 27.1 Å². The minimum absolute atomic E-state index is 0.657. The van der Waals surface area contributed by atoms with Gasteiger partial charge in [-0.25, -0.2) is 9.83 Å². The first kappa shape index (κ1) is 16.1. The number of fused-ring (bicyclic) bond motifs is 5. The molecule has 0 fully saturated rings. The zero-order chi connectivity index (χ0) is 18.5. The first-order valence-corrected chi connectivity index (χ1v) is 9.45. The Balaban J connectivity index is 1.71. The van der Waals surface area contributed by atoms with Crippen LogP contribution in [0, 0.1) is 13.5 Å². The van der Waals surface area contributed by atoms with Crippen LogP contribution in [-0.2, 0) is 6.54 Å². The van der Waals surface area contributed by atoms with Gasteiger partial charge in [0, 0.05) is 34.7 Å². The number of hydrogen-bond acceptors (Lipinski definition) is 1. The molecule has 3 heterocycles. The highest BCUT2D eigenvalue weighted by Gasteiger charge is 2.22. The van der Waals surface area contributed by atoms with E-state index in [2.05, 4.69) is 67.3 Å². The lowest BCUT2D eigenvalue weighted by atomic mass is 10.1. The van der Waals surface area contributed by atoms with E-state index in [0.29, 0.717) is 5.69 Å². The predicted octanol–water partition coefficient (Wildman–Crippen LogP) is 5.99. The van der Waals surface area contributed by atoms with Crippen molar-refractivity contribution in [3.05, 3.63) is 88.1 Å². The Morgan fingerprint density at radius 1 is 1.07 bits per heavy atom. The molecule has 0 N–H and O–H groups in total. The normalized spacial score (nSPS) is 11.9. The highest BCUT2D eigenvalue weighted by Crippen LogP contribution is 2.36. The van der Waals surface area contributed by atoms with E-state index in [1.54, 1.807) is 0 Å². The molecule has 5 heteroatoms. The lowest BCUT2D eigenvalue weighted by Gasteiger charge is -2.11. The molecule has 5 rings (SSSR count). The van der Waals surface area contributed by atoms with Gasteiger partial charge in [0.05, 0.1) is 18.0 Å². The molecule has 130 valence electrons. The Labute approximate surface area is 165 Å². The van der Waals surface area contributed by atoms with Crippen LogP contribution in [0.4, 0.5) is 5.69 Å². The van der Waals surface area contributed by atoms with Crippen LogP contribution in [0.5, 0.6) is 0 Å². The lowest BCUT2D eigenvalue weighted by molar-refractivity contribution is 0.818. The number of nitrogens with zero attached hydrogens (tertiary/aromatic N) is 4. The summed E-state index contributed by atoms with van der Waals surface area (Å²) in [6.45, 7) is 10.00. The van der Waals surface area contributed by atoms with Crippen molar-refractivity contribution in [1.29, 1.82) is 0 Å². The van der Waals surface area contributed by atoms with Crippen molar-refractivity contribution in [3.63, 3.8) is 0 Å². The van der Waals surface area contributed by atoms with Crippen molar-refractivity contribution < 1.29 is 0 Å². The minimum Gasteiger partial charge on any atom is -0.340 e. The molecular formula is C22H15BrN4. The van der Waals surface area contributed by atoms with Crippen molar-refractivity contribution in [2.75, 3.05) is 0 Å². The second kappa shape index (κ2) is 5.97. The van der Waals surface area contributed by atoms with Crippen molar-refractivity contribution in [2.45, 2.75) is 13.5 Å². The van der Waals surface area contributed by atoms with Gasteiger partial charge < -0.3 is 4.57 Å². The molecule has 4 aromatic rings. The SMILES string of the molecule is [C-]#[N+]c1ccc(-c2cc3n(c2)Cc2cc(Br)ccc2-n2c(C)cnc2-3)cc1. The second-order valence-corrected chi connectivity index (χ2v) is 7.65. The molecule has 0 unspecified atom stereocenters. The number of halogens is 1. The van der Waals surface area contributed by atoms with Crippen molar-refractivity contribution in [2.24, 2.45) is 0 Å². The van der Waals surface area contributed by atoms with Crippen molar-refractivity contribution in [1.82, 2.24) is 14.1 Å². The van der Waals surface area contributed by atoms with Crippen LogP contribution < -0.4 is 0 Å². The minimum atomic E-state index is 0.657. The average Bonchev–Trinajstić information content (AvgIpc) is 3.23. The number of aryl methyl sites for hydroxylation is 1. The Morgan fingerprint density at radius 2 is 1.89 bits per heavy atom. The summed E-state index contributed by atoms with van der Waals surface area (Å²) in [7, 11) is 0. The van der Waals surface area contributed by atoms with Gasteiger partial charge in [0.15, 0.2) is 11.5 Å². The predicted molar refractivity (Wildman–Crippen MR) is 110 cm³/mol. The van der Waals surface area contributed by atoms with E-state index in [9.17, 15) is 0 Å². The van der Waals surface area contributed by atoms with Gasteiger partial charge in [-0.3, -0.25) is 4.57 Å². The number of aromatic nitrogens is 3. The monoisotopic (exact) mass is 414 g/mol. The maximum atomic E-state index is 7.13. The molecule has 4 nitrogen and oxygen atoms in total. The van der Waals surface area contributed by atoms with E-state index in [0.717, 1.165) is 39.4 Å². The molecule has 0 aliphatic carbocycles. The average molecular weight is 415 g/mol. The molecule has 0 saturated heterocycles. The van der Waals surface area contributed by atoms with E-state index in [-0.39, 0.29) is 0 Å². The summed E-state index contributed by atoms with van der Waals surface area (Å²) in [5.41, 5.74) is 7.53. The molecular weight excluding hydrogens is 400 g/mol. The van der Waals surface area contributed by atoms with Crippen molar-refractivity contribution >= 4 is 21.6 Å². The summed E-state index contributed by atoms with van der Waals surface area (Å²) in [4.78, 5) is 8.18. The van der Waals surface area contributed by atoms with Crippen LogP contribution in [0.3, 0.4) is 0 Å². The third kappa shape index (κ3) is 2.53. The second-order valence-electron chi connectivity index (χ2n) is 6.73. The van der Waals surface area contributed by atoms with E-state index in [1.807, 2.05) is 30.5 Å². The maximum absolute atomic E-state index is 7.13. The largest absolute Gasteiger partial charge is 0.340 e. The Bertz CT molecular complexity index is 1220. The number of imidazole rings is 1. The maximum Gasteiger partial charge on any atom is 0.187 e. The quantitative estimate of drug-likeness (QED) is 0.309. The van der Waals surface area contributed by atoms with Crippen molar-refractivity contribution in [3.8, 4) is 28.3 Å². The summed E-state index contributed by atoms with van der Waals surface area (Å²) >= 11 is 3.60. The van der Waals surface area contributed by atoms with Gasteiger partial charge in [-0.05, 0) is 42.3 Å². The number of hydrogen-bond donors (Lipinski definition) is 0. The van der Waals surface area contributed by atoms with Crippen LogP contribution in [-0.4, -0.2) is 14.1 Å². The Morgan fingerprint density at radius 3 is 2.67 bits per heavy atom. The molecule has 0 atom stereocenters. The van der Waals surface area contributed by atoms with Gasteiger partial charge >= 0.3 is 0 Å². The summed E-state index contributed by atoms with van der Waals surface area (Å²) in [6.07, 6.45) is 4.10. The third-order valence-electron chi connectivity index (χ3n) is 5.02. The van der Waals surface area contributed by atoms with E-state index in [4.69, 9.17) is 11.6 Å². The standard InChI is InChI=1S/C22H15BrN4/c1-14-11-25-22-21-10-16(15-3-6-19(24-2)7-4-15)12-26(21)13-17-9-18(23)5-8-20(17)27(14)22/h3-12H,13H2,1H3. The first-order chi connectivity index (χ1) is 13.1. The highest BCUT2D eigenvalue weighted by atomic mass is 79.9. The fourth-order valence-electron chi connectivity index (χ4n) is 3.72. The smallest absolute Gasteiger partial charge is 0.187 e. The van der Waals surface area contributed by atoms with Gasteiger partial charge in [0.2, 0.25) is 0 Å². The molecule has 0 radical (unpaired) electrons. The van der Waals surface area contributed by atoms with Gasteiger partial charge in [0.1, 0.15) is 0 Å². The molecule has 1 aliphatic heterocycles. The number of benzene rings is 2. The summed E-state index contributed by atoms with van der Waals surface area (Å²) in [5.74, 6) is 0.956. The van der Waals surface area contributed by atoms with Crippen LogP contribution in [0.25, 0.3) is 33.2 Å². The molecule has 0 bridgehead atoms. The van der Waals surface area contributed by atoms with Crippen LogP contribution in [0.1, 0.15) is 11.3 Å². The van der Waals surface area contributed by atoms with E-state index in [1.165, 1.54) is 11.3 Å². The van der Waals surface area contributed by atoms with Crippen LogP contribution >= 0.6 is 15.9 Å². The lowest BCUT2D eigenvalue weighted by Crippen LogP contribution is -2.01. The highest BCUT2D eigenvalue weighted by molar-refractivity contribution is 9.10. The fraction of sp³-hybridized carbons (Fsp3) is 0.0909. The summed E-state index contributed by atoms with van der Waals surface area (Å²) in [5, 5.41) is 0. The van der Waals surface area contributed by atoms with Gasteiger partial charge in [-0.2, -0.15) is 0 Å². The summed E-state index contributed by atoms with van der Waals surface area (Å²) in [6, 6.07) is 16.3. The van der Waals surface area contributed by atoms with Gasteiger partial charge in [0.25, 0.3) is 0 Å². The van der Waals surface area contributed by atoms with Crippen LogP contribution in [0.15, 0.2) is 65.4 Å². The molecule has 1 aliphatic rings. The molecule has 2 aromatic heterocycles. The zero-order valence-electron chi connectivity index (χ0n) is 14.6. The molecule has 2 aromatic carbocycles. The number of rotatable bonds is 1. The molecule has 27 heavy (non-hydrogen) atoms. The molecule has 0 amide bonds. The van der Waals surface area contributed by atoms with Crippen LogP contribution in [0.2, 0.25) is 0 Å². The first-order valence-electron chi connectivity index (χ1n) is 8.65. The van der Waals surface area contributed by atoms with E-state index >= 15 is 0 Å². The zero-order valence-corrected chi connectivity index (χ0v) is 16.2. The fourth-order valence-corrected chi connectivity index (χ4v) is 4.13. The third-order valence-corrected chi connectivity index (χ3v) is 5.51.